The molecule has 0 aliphatic rings. The molecule has 7 heteroatoms. The van der Waals surface area contributed by atoms with E-state index in [2.05, 4.69) is 10.6 Å². The monoisotopic (exact) mass is 409 g/mol. The molecule has 1 heterocycles. The van der Waals surface area contributed by atoms with Crippen LogP contribution >= 0.6 is 23.7 Å². The molecule has 1 unspecified atom stereocenters. The average molecular weight is 410 g/mol. The van der Waals surface area contributed by atoms with E-state index >= 15 is 0 Å². The largest absolute Gasteiger partial charge is 0.347 e. The Bertz CT molecular complexity index is 734. The van der Waals surface area contributed by atoms with Crippen molar-refractivity contribution in [3.05, 3.63) is 57.8 Å². The summed E-state index contributed by atoms with van der Waals surface area (Å²) in [5, 5.41) is 7.69. The van der Waals surface area contributed by atoms with Gasteiger partial charge in [0, 0.05) is 4.88 Å². The molecule has 0 saturated carbocycles. The number of carbonyl (C=O) groups excluding carboxylic acids is 2. The highest BCUT2D eigenvalue weighted by molar-refractivity contribution is 7.10. The van der Waals surface area contributed by atoms with Crippen LogP contribution in [0.5, 0.6) is 0 Å². The predicted molar refractivity (Wildman–Crippen MR) is 113 cm³/mol. The normalized spacial score (nSPS) is 12.8. The smallest absolute Gasteiger partial charge is 0.239 e. The Morgan fingerprint density at radius 3 is 2.37 bits per heavy atom. The lowest BCUT2D eigenvalue weighted by atomic mass is 10.0. The molecule has 5 nitrogen and oxygen atoms in total. The van der Waals surface area contributed by atoms with Crippen LogP contribution in [-0.4, -0.2) is 24.4 Å². The van der Waals surface area contributed by atoms with Gasteiger partial charge < -0.3 is 16.4 Å². The minimum atomic E-state index is -0.609. The zero-order valence-corrected chi connectivity index (χ0v) is 17.5. The van der Waals surface area contributed by atoms with E-state index in [0.717, 1.165) is 16.0 Å². The average Bonchev–Trinajstić information content (AvgIpc) is 3.05. The first kappa shape index (κ1) is 23.1. The van der Waals surface area contributed by atoms with Gasteiger partial charge in [0.2, 0.25) is 11.8 Å². The number of aryl methyl sites for hydroxylation is 1. The molecule has 2 atom stereocenters. The van der Waals surface area contributed by atoms with E-state index in [9.17, 15) is 9.59 Å². The van der Waals surface area contributed by atoms with Crippen molar-refractivity contribution >= 4 is 35.6 Å². The van der Waals surface area contributed by atoms with E-state index in [-0.39, 0.29) is 42.7 Å². The second-order valence-electron chi connectivity index (χ2n) is 6.77. The molecule has 0 fully saturated rings. The molecule has 27 heavy (non-hydrogen) atoms. The minimum absolute atomic E-state index is 0. The van der Waals surface area contributed by atoms with Gasteiger partial charge in [-0.3, -0.25) is 9.59 Å². The van der Waals surface area contributed by atoms with Gasteiger partial charge in [-0.15, -0.1) is 23.7 Å². The van der Waals surface area contributed by atoms with Crippen molar-refractivity contribution in [2.75, 3.05) is 6.54 Å². The Kier molecular flexibility index (Phi) is 9.49. The lowest BCUT2D eigenvalue weighted by Gasteiger charge is -2.20. The summed E-state index contributed by atoms with van der Waals surface area (Å²) in [4.78, 5) is 25.5. The van der Waals surface area contributed by atoms with Crippen LogP contribution in [-0.2, 0) is 16.0 Å². The van der Waals surface area contributed by atoms with Crippen LogP contribution in [0.2, 0.25) is 0 Å². The van der Waals surface area contributed by atoms with E-state index in [4.69, 9.17) is 5.73 Å². The third-order valence-corrected chi connectivity index (χ3v) is 5.41. The van der Waals surface area contributed by atoms with Crippen molar-refractivity contribution in [2.45, 2.75) is 39.3 Å². The first-order chi connectivity index (χ1) is 12.4. The van der Waals surface area contributed by atoms with Gasteiger partial charge in [0.1, 0.15) is 0 Å². The van der Waals surface area contributed by atoms with Crippen LogP contribution in [0.4, 0.5) is 0 Å². The molecule has 2 aromatic rings. The third kappa shape index (κ3) is 6.97. The lowest BCUT2D eigenvalue weighted by molar-refractivity contribution is -0.127. The molecule has 1 aromatic carbocycles. The minimum Gasteiger partial charge on any atom is -0.347 e. The summed E-state index contributed by atoms with van der Waals surface area (Å²) < 4.78 is 0. The summed E-state index contributed by atoms with van der Waals surface area (Å²) in [7, 11) is 0. The Morgan fingerprint density at radius 2 is 1.81 bits per heavy atom. The van der Waals surface area contributed by atoms with E-state index in [1.807, 2.05) is 62.5 Å². The number of nitrogens with one attached hydrogen (secondary N) is 2. The standard InChI is InChI=1S/C20H27N3O2S.ClH/c1-13(2)18(21)20(25)22-12-17(24)23-16(19-14(3)9-10-26-19)11-15-7-5-4-6-8-15;/h4-10,13,16,18H,11-12,21H2,1-3H3,(H,22,25)(H,23,24);1H/t16?,18-;/m0./s1. The van der Waals surface area contributed by atoms with Gasteiger partial charge in [-0.2, -0.15) is 0 Å². The number of thiophene rings is 1. The Balaban J connectivity index is 0.00000364. The topological polar surface area (TPSA) is 84.2 Å². The summed E-state index contributed by atoms with van der Waals surface area (Å²) >= 11 is 1.63. The number of carbonyl (C=O) groups is 2. The number of amides is 2. The van der Waals surface area contributed by atoms with Crippen molar-refractivity contribution in [1.29, 1.82) is 0 Å². The van der Waals surface area contributed by atoms with Crippen molar-refractivity contribution in [2.24, 2.45) is 11.7 Å². The fraction of sp³-hybridized carbons (Fsp3) is 0.400. The van der Waals surface area contributed by atoms with Gasteiger partial charge in [0.05, 0.1) is 18.6 Å². The van der Waals surface area contributed by atoms with Crippen molar-refractivity contribution < 1.29 is 9.59 Å². The Labute approximate surface area is 171 Å². The number of rotatable bonds is 8. The molecule has 0 aliphatic carbocycles. The maximum Gasteiger partial charge on any atom is 0.239 e. The number of hydrogen-bond donors (Lipinski definition) is 3. The zero-order chi connectivity index (χ0) is 19.1. The molecule has 0 radical (unpaired) electrons. The van der Waals surface area contributed by atoms with Crippen LogP contribution in [0, 0.1) is 12.8 Å². The molecular formula is C20H28ClN3O2S. The molecule has 148 valence electrons. The lowest BCUT2D eigenvalue weighted by Crippen LogP contribution is -2.47. The Morgan fingerprint density at radius 1 is 1.15 bits per heavy atom. The number of halogens is 1. The maximum absolute atomic E-state index is 12.4. The predicted octanol–water partition coefficient (Wildman–Crippen LogP) is 2.98. The number of hydrogen-bond acceptors (Lipinski definition) is 4. The third-order valence-electron chi connectivity index (χ3n) is 4.28. The fourth-order valence-corrected chi connectivity index (χ4v) is 3.61. The van der Waals surface area contributed by atoms with Crippen molar-refractivity contribution in [1.82, 2.24) is 10.6 Å². The van der Waals surface area contributed by atoms with E-state index in [1.54, 1.807) is 11.3 Å². The second kappa shape index (κ2) is 11.1. The Hall–Kier alpha value is -1.89. The molecule has 4 N–H and O–H groups in total. The molecular weight excluding hydrogens is 382 g/mol. The van der Waals surface area contributed by atoms with Crippen LogP contribution in [0.1, 0.15) is 35.9 Å². The summed E-state index contributed by atoms with van der Waals surface area (Å²) in [6.45, 7) is 5.72. The summed E-state index contributed by atoms with van der Waals surface area (Å²) in [5.74, 6) is -0.497. The molecule has 0 aliphatic heterocycles. The van der Waals surface area contributed by atoms with Crippen molar-refractivity contribution in [3.63, 3.8) is 0 Å². The highest BCUT2D eigenvalue weighted by Crippen LogP contribution is 2.26. The molecule has 0 saturated heterocycles. The maximum atomic E-state index is 12.4. The summed E-state index contributed by atoms with van der Waals surface area (Å²) in [5.41, 5.74) is 8.11. The molecule has 2 rings (SSSR count). The van der Waals surface area contributed by atoms with Crippen LogP contribution in [0.15, 0.2) is 41.8 Å². The van der Waals surface area contributed by atoms with Gasteiger partial charge in [-0.25, -0.2) is 0 Å². The first-order valence-corrected chi connectivity index (χ1v) is 9.67. The van der Waals surface area contributed by atoms with Gasteiger partial charge >= 0.3 is 0 Å². The number of nitrogens with two attached hydrogens (primary N) is 1. The zero-order valence-electron chi connectivity index (χ0n) is 15.9. The highest BCUT2D eigenvalue weighted by Gasteiger charge is 2.21. The van der Waals surface area contributed by atoms with Gasteiger partial charge in [0.25, 0.3) is 0 Å². The molecule has 0 bridgehead atoms. The first-order valence-electron chi connectivity index (χ1n) is 8.79. The van der Waals surface area contributed by atoms with Gasteiger partial charge in [0.15, 0.2) is 0 Å². The summed E-state index contributed by atoms with van der Waals surface area (Å²) in [6, 6.07) is 11.4. The molecule has 0 spiro atoms. The van der Waals surface area contributed by atoms with Crippen LogP contribution < -0.4 is 16.4 Å². The van der Waals surface area contributed by atoms with Gasteiger partial charge in [-0.1, -0.05) is 44.2 Å². The fourth-order valence-electron chi connectivity index (χ4n) is 2.63. The quantitative estimate of drug-likeness (QED) is 0.626. The van der Waals surface area contributed by atoms with E-state index in [1.165, 1.54) is 0 Å². The highest BCUT2D eigenvalue weighted by atomic mass is 35.5. The molecule has 1 aromatic heterocycles. The second-order valence-corrected chi connectivity index (χ2v) is 7.71. The summed E-state index contributed by atoms with van der Waals surface area (Å²) in [6.07, 6.45) is 0.702. The molecule has 2 amide bonds. The number of benzene rings is 1. The van der Waals surface area contributed by atoms with Gasteiger partial charge in [-0.05, 0) is 41.8 Å². The van der Waals surface area contributed by atoms with Crippen LogP contribution in [0.3, 0.4) is 0 Å². The van der Waals surface area contributed by atoms with E-state index in [0.29, 0.717) is 6.42 Å². The van der Waals surface area contributed by atoms with E-state index < -0.39 is 6.04 Å². The SMILES string of the molecule is Cc1ccsc1C(Cc1ccccc1)NC(=O)CNC(=O)[C@@H](N)C(C)C.Cl. The van der Waals surface area contributed by atoms with Crippen molar-refractivity contribution in [3.8, 4) is 0 Å². The van der Waals surface area contributed by atoms with Crippen LogP contribution in [0.25, 0.3) is 0 Å².